The second kappa shape index (κ2) is 8.40. The van der Waals surface area contributed by atoms with E-state index in [4.69, 9.17) is 5.73 Å². The number of aryl methyl sites for hydroxylation is 1. The molecule has 0 fully saturated rings. The average molecular weight is 432 g/mol. The first-order valence-corrected chi connectivity index (χ1v) is 11.0. The van der Waals surface area contributed by atoms with Crippen LogP contribution in [0.5, 0.6) is 0 Å². The Morgan fingerprint density at radius 1 is 0.848 bits per heavy atom. The van der Waals surface area contributed by atoms with Gasteiger partial charge in [-0.05, 0) is 41.8 Å². The molecule has 0 atom stereocenters. The summed E-state index contributed by atoms with van der Waals surface area (Å²) in [4.78, 5) is 24.9. The van der Waals surface area contributed by atoms with Crippen molar-refractivity contribution in [1.29, 1.82) is 0 Å². The van der Waals surface area contributed by atoms with Gasteiger partial charge in [-0.1, -0.05) is 73.7 Å². The lowest BCUT2D eigenvalue weighted by atomic mass is 10.0. The first-order valence-electron chi connectivity index (χ1n) is 11.0. The van der Waals surface area contributed by atoms with Crippen molar-refractivity contribution in [3.05, 3.63) is 119 Å². The van der Waals surface area contributed by atoms with E-state index in [1.807, 2.05) is 72.8 Å². The van der Waals surface area contributed by atoms with Crippen LogP contribution in [-0.2, 0) is 13.0 Å². The van der Waals surface area contributed by atoms with E-state index in [2.05, 4.69) is 23.6 Å². The lowest BCUT2D eigenvalue weighted by Gasteiger charge is -2.10. The molecule has 33 heavy (non-hydrogen) atoms. The highest BCUT2D eigenvalue weighted by molar-refractivity contribution is 6.17. The molecule has 0 aliphatic carbocycles. The highest BCUT2D eigenvalue weighted by Gasteiger charge is 2.17. The summed E-state index contributed by atoms with van der Waals surface area (Å²) in [6.07, 6.45) is 0.896. The molecule has 5 rings (SSSR count). The Hall–Kier alpha value is -4.18. The zero-order valence-electron chi connectivity index (χ0n) is 18.3. The fourth-order valence-electron chi connectivity index (χ4n) is 4.38. The summed E-state index contributed by atoms with van der Waals surface area (Å²) in [6, 6.07) is 30.2. The van der Waals surface area contributed by atoms with Gasteiger partial charge in [-0.15, -0.1) is 0 Å². The van der Waals surface area contributed by atoms with Gasteiger partial charge in [0, 0.05) is 34.0 Å². The highest BCUT2D eigenvalue weighted by Crippen LogP contribution is 2.33. The summed E-state index contributed by atoms with van der Waals surface area (Å²) in [5.41, 5.74) is 11.7. The smallest absolute Gasteiger partial charge is 0.249 e. The van der Waals surface area contributed by atoms with Gasteiger partial charge in [0.15, 0.2) is 5.78 Å². The summed E-state index contributed by atoms with van der Waals surface area (Å²) < 4.78 is 2.20. The van der Waals surface area contributed by atoms with E-state index in [-0.39, 0.29) is 5.78 Å². The van der Waals surface area contributed by atoms with Gasteiger partial charge in [0.05, 0.1) is 11.0 Å². The van der Waals surface area contributed by atoms with Crippen LogP contribution in [0.25, 0.3) is 21.8 Å². The minimum Gasteiger partial charge on any atom is -0.366 e. The van der Waals surface area contributed by atoms with Crippen LogP contribution in [0, 0.1) is 6.07 Å². The second-order valence-corrected chi connectivity index (χ2v) is 8.16. The molecule has 4 aromatic carbocycles. The molecule has 1 radical (unpaired) electrons. The number of carbonyl (C=O) groups excluding carboxylic acids is 2. The van der Waals surface area contributed by atoms with Crippen molar-refractivity contribution >= 4 is 33.5 Å². The number of nitrogens with zero attached hydrogens (tertiary/aromatic N) is 1. The number of hydrogen-bond acceptors (Lipinski definition) is 2. The number of rotatable bonds is 6. The average Bonchev–Trinajstić information content (AvgIpc) is 3.17. The van der Waals surface area contributed by atoms with Crippen molar-refractivity contribution in [2.24, 2.45) is 5.73 Å². The van der Waals surface area contributed by atoms with Crippen LogP contribution in [-0.4, -0.2) is 16.3 Å². The minimum atomic E-state index is -0.448. The third-order valence-electron chi connectivity index (χ3n) is 6.12. The summed E-state index contributed by atoms with van der Waals surface area (Å²) in [6.45, 7) is 2.71. The number of fused-ring (bicyclic) bond motifs is 3. The van der Waals surface area contributed by atoms with Crippen LogP contribution < -0.4 is 5.73 Å². The van der Waals surface area contributed by atoms with Crippen LogP contribution >= 0.6 is 0 Å². The fraction of sp³-hybridized carbons (Fsp3) is 0.103. The SMILES string of the molecule is CCc1c[c]c2c3c(C(N)=O)cccc3n(Cc3ccc(C(=O)c4ccccc4)cc3)c2c1. The first-order chi connectivity index (χ1) is 16.1. The van der Waals surface area contributed by atoms with E-state index in [1.54, 1.807) is 6.07 Å². The quantitative estimate of drug-likeness (QED) is 0.359. The number of carbonyl (C=O) groups is 2. The number of primary amides is 1. The van der Waals surface area contributed by atoms with E-state index in [0.717, 1.165) is 33.8 Å². The Labute approximate surface area is 192 Å². The molecule has 1 amide bonds. The van der Waals surface area contributed by atoms with Crippen LogP contribution in [0.4, 0.5) is 0 Å². The van der Waals surface area contributed by atoms with Crippen molar-refractivity contribution in [3.63, 3.8) is 0 Å². The Balaban J connectivity index is 1.59. The molecule has 0 aliphatic heterocycles. The molecule has 5 aromatic rings. The fourth-order valence-corrected chi connectivity index (χ4v) is 4.38. The van der Waals surface area contributed by atoms with Gasteiger partial charge in [-0.25, -0.2) is 0 Å². The van der Waals surface area contributed by atoms with E-state index >= 15 is 0 Å². The second-order valence-electron chi connectivity index (χ2n) is 8.16. The van der Waals surface area contributed by atoms with Crippen molar-refractivity contribution in [1.82, 2.24) is 4.57 Å². The van der Waals surface area contributed by atoms with Crippen molar-refractivity contribution < 1.29 is 9.59 Å². The third kappa shape index (κ3) is 3.70. The minimum absolute atomic E-state index is 0.00676. The summed E-state index contributed by atoms with van der Waals surface area (Å²) >= 11 is 0. The summed E-state index contributed by atoms with van der Waals surface area (Å²) in [7, 11) is 0. The first kappa shape index (κ1) is 20.7. The number of nitrogens with two attached hydrogens (primary N) is 1. The molecule has 2 N–H and O–H groups in total. The maximum absolute atomic E-state index is 12.7. The van der Waals surface area contributed by atoms with Gasteiger partial charge < -0.3 is 10.3 Å². The number of ketones is 1. The Morgan fingerprint density at radius 3 is 2.27 bits per heavy atom. The van der Waals surface area contributed by atoms with Crippen molar-refractivity contribution in [2.75, 3.05) is 0 Å². The molecule has 0 unspecified atom stereocenters. The zero-order chi connectivity index (χ0) is 22.9. The topological polar surface area (TPSA) is 65.1 Å². The molecule has 0 spiro atoms. The van der Waals surface area contributed by atoms with E-state index in [9.17, 15) is 9.59 Å². The number of amides is 1. The van der Waals surface area contributed by atoms with Gasteiger partial charge in [-0.3, -0.25) is 9.59 Å². The molecule has 4 heteroatoms. The number of hydrogen-bond donors (Lipinski definition) is 1. The molecule has 4 nitrogen and oxygen atoms in total. The molecule has 0 bridgehead atoms. The van der Waals surface area contributed by atoms with Crippen LogP contribution in [0.1, 0.15) is 44.3 Å². The van der Waals surface area contributed by atoms with Crippen LogP contribution in [0.3, 0.4) is 0 Å². The summed E-state index contributed by atoms with van der Waals surface area (Å²) in [5, 5.41) is 1.73. The van der Waals surface area contributed by atoms with Gasteiger partial charge in [0.25, 0.3) is 0 Å². The molecular formula is C29H23N2O2. The lowest BCUT2D eigenvalue weighted by molar-refractivity contribution is 0.1000. The van der Waals surface area contributed by atoms with Crippen LogP contribution in [0.15, 0.2) is 84.9 Å². The molecular weight excluding hydrogens is 408 g/mol. The molecule has 1 aromatic heterocycles. The number of benzene rings is 4. The molecule has 161 valence electrons. The largest absolute Gasteiger partial charge is 0.366 e. The predicted molar refractivity (Wildman–Crippen MR) is 132 cm³/mol. The molecule has 0 saturated carbocycles. The Bertz CT molecular complexity index is 1500. The standard InChI is InChI=1S/C29H23N2O2/c1-2-19-13-16-23-26(17-19)31(25-10-6-9-24(27(23)25)29(30)33)18-20-11-14-22(15-12-20)28(32)21-7-4-3-5-8-21/h3-15,17H,2,18H2,1H3,(H2,30,33). The number of aromatic nitrogens is 1. The normalized spacial score (nSPS) is 11.2. The van der Waals surface area contributed by atoms with E-state index in [1.165, 1.54) is 5.56 Å². The van der Waals surface area contributed by atoms with Crippen molar-refractivity contribution in [2.45, 2.75) is 19.9 Å². The van der Waals surface area contributed by atoms with Gasteiger partial charge in [0.1, 0.15) is 0 Å². The highest BCUT2D eigenvalue weighted by atomic mass is 16.1. The monoisotopic (exact) mass is 431 g/mol. The maximum Gasteiger partial charge on any atom is 0.249 e. The molecule has 0 aliphatic rings. The van der Waals surface area contributed by atoms with Crippen LogP contribution in [0.2, 0.25) is 0 Å². The summed E-state index contributed by atoms with van der Waals surface area (Å²) in [5.74, 6) is -0.441. The van der Waals surface area contributed by atoms with E-state index < -0.39 is 5.91 Å². The zero-order valence-corrected chi connectivity index (χ0v) is 18.3. The van der Waals surface area contributed by atoms with E-state index in [0.29, 0.717) is 23.2 Å². The van der Waals surface area contributed by atoms with Gasteiger partial charge >= 0.3 is 0 Å². The Morgan fingerprint density at radius 2 is 1.58 bits per heavy atom. The predicted octanol–water partition coefficient (Wildman–Crippen LogP) is 5.54. The third-order valence-corrected chi connectivity index (χ3v) is 6.12. The van der Waals surface area contributed by atoms with Gasteiger partial charge in [-0.2, -0.15) is 0 Å². The maximum atomic E-state index is 12.7. The van der Waals surface area contributed by atoms with Crippen molar-refractivity contribution in [3.8, 4) is 0 Å². The molecule has 0 saturated heterocycles. The van der Waals surface area contributed by atoms with Gasteiger partial charge in [0.2, 0.25) is 5.91 Å². The lowest BCUT2D eigenvalue weighted by Crippen LogP contribution is -2.11. The molecule has 1 heterocycles. The Kier molecular flexibility index (Phi) is 5.27.